The average Bonchev–Trinajstić information content (AvgIpc) is 3.10. The van der Waals surface area contributed by atoms with Crippen LogP contribution in [0, 0.1) is 5.82 Å². The maximum atomic E-state index is 14.6. The van der Waals surface area contributed by atoms with E-state index in [-0.39, 0.29) is 23.9 Å². The first-order valence-corrected chi connectivity index (χ1v) is 18.0. The third-order valence-electron chi connectivity index (χ3n) is 8.64. The zero-order chi connectivity index (χ0) is 35.9. The molecule has 1 fully saturated rings. The Hall–Kier alpha value is -4.42. The summed E-state index contributed by atoms with van der Waals surface area (Å²) in [6, 6.07) is 22.5. The fourth-order valence-corrected chi connectivity index (χ4v) is 7.67. The van der Waals surface area contributed by atoms with Gasteiger partial charge in [-0.15, -0.1) is 0 Å². The summed E-state index contributed by atoms with van der Waals surface area (Å²) in [5.74, 6) is -1.84. The maximum Gasteiger partial charge on any atom is 0.417 e. The summed E-state index contributed by atoms with van der Waals surface area (Å²) in [6.45, 7) is -1.18. The van der Waals surface area contributed by atoms with Crippen molar-refractivity contribution < 1.29 is 35.6 Å². The maximum absolute atomic E-state index is 14.6. The molecule has 1 N–H and O–H groups in total. The van der Waals surface area contributed by atoms with Gasteiger partial charge in [-0.05, 0) is 66.4 Å². The minimum Gasteiger partial charge on any atom is -0.352 e. The van der Waals surface area contributed by atoms with E-state index in [0.29, 0.717) is 15.9 Å². The Bertz CT molecular complexity index is 1870. The lowest BCUT2D eigenvalue weighted by molar-refractivity contribution is -0.140. The van der Waals surface area contributed by atoms with Crippen LogP contribution in [-0.4, -0.2) is 43.8 Å². The highest BCUT2D eigenvalue weighted by atomic mass is 35.5. The zero-order valence-corrected chi connectivity index (χ0v) is 28.5. The number of halogens is 5. The second kappa shape index (κ2) is 16.1. The summed E-state index contributed by atoms with van der Waals surface area (Å²) < 4.78 is 84.6. The molecule has 0 radical (unpaired) electrons. The van der Waals surface area contributed by atoms with Crippen LogP contribution in [0.15, 0.2) is 108 Å². The van der Waals surface area contributed by atoms with Gasteiger partial charge in [-0.25, -0.2) is 12.8 Å². The molecule has 2 amide bonds. The molecule has 0 bridgehead atoms. The lowest BCUT2D eigenvalue weighted by atomic mass is 9.94. The quantitative estimate of drug-likeness (QED) is 0.151. The van der Waals surface area contributed by atoms with Gasteiger partial charge < -0.3 is 10.2 Å². The van der Waals surface area contributed by atoms with Crippen LogP contribution < -0.4 is 9.62 Å². The van der Waals surface area contributed by atoms with Gasteiger partial charge in [-0.3, -0.25) is 13.9 Å². The first kappa shape index (κ1) is 36.9. The molecule has 0 unspecified atom stereocenters. The number of hydrogen-bond acceptors (Lipinski definition) is 4. The van der Waals surface area contributed by atoms with Crippen molar-refractivity contribution in [1.29, 1.82) is 0 Å². The second-order valence-electron chi connectivity index (χ2n) is 12.2. The highest BCUT2D eigenvalue weighted by Crippen LogP contribution is 2.38. The van der Waals surface area contributed by atoms with Crippen LogP contribution in [-0.2, 0) is 38.8 Å². The molecule has 1 aliphatic rings. The van der Waals surface area contributed by atoms with E-state index in [1.54, 1.807) is 36.4 Å². The fourth-order valence-electron chi connectivity index (χ4n) is 6.02. The Morgan fingerprint density at radius 1 is 0.840 bits per heavy atom. The minimum atomic E-state index is -4.92. The molecule has 0 heterocycles. The summed E-state index contributed by atoms with van der Waals surface area (Å²) in [6.07, 6.45) is -0.447. The van der Waals surface area contributed by atoms with Crippen LogP contribution in [0.3, 0.4) is 0 Å². The van der Waals surface area contributed by atoms with E-state index in [9.17, 15) is 35.6 Å². The third-order valence-corrected chi connectivity index (χ3v) is 10.8. The van der Waals surface area contributed by atoms with Crippen molar-refractivity contribution in [2.75, 3.05) is 10.8 Å². The Morgan fingerprint density at radius 3 is 2.08 bits per heavy atom. The van der Waals surface area contributed by atoms with Crippen molar-refractivity contribution in [3.05, 3.63) is 131 Å². The lowest BCUT2D eigenvalue weighted by Crippen LogP contribution is -2.55. The number of sulfonamides is 1. The lowest BCUT2D eigenvalue weighted by Gasteiger charge is -2.35. The molecule has 4 aromatic rings. The third kappa shape index (κ3) is 9.22. The molecule has 13 heteroatoms. The Labute approximate surface area is 293 Å². The molecule has 0 aliphatic heterocycles. The molecule has 5 rings (SSSR count). The van der Waals surface area contributed by atoms with E-state index in [0.717, 1.165) is 49.8 Å². The van der Waals surface area contributed by atoms with Crippen LogP contribution in [0.5, 0.6) is 0 Å². The molecule has 0 spiro atoms. The van der Waals surface area contributed by atoms with Crippen LogP contribution >= 0.6 is 11.6 Å². The topological polar surface area (TPSA) is 86.8 Å². The normalized spacial score (nSPS) is 14.5. The predicted octanol–water partition coefficient (Wildman–Crippen LogP) is 7.78. The highest BCUT2D eigenvalue weighted by molar-refractivity contribution is 7.92. The van der Waals surface area contributed by atoms with Crippen LogP contribution in [0.25, 0.3) is 0 Å². The summed E-state index contributed by atoms with van der Waals surface area (Å²) in [5, 5.41) is 2.43. The molecular weight excluding hydrogens is 694 g/mol. The zero-order valence-electron chi connectivity index (χ0n) is 27.0. The van der Waals surface area contributed by atoms with Gasteiger partial charge in [0, 0.05) is 19.0 Å². The Morgan fingerprint density at radius 2 is 1.46 bits per heavy atom. The number of carbonyl (C=O) groups excluding carboxylic acids is 2. The van der Waals surface area contributed by atoms with Gasteiger partial charge in [0.05, 0.1) is 21.2 Å². The van der Waals surface area contributed by atoms with Crippen molar-refractivity contribution in [2.45, 2.75) is 68.2 Å². The Balaban J connectivity index is 1.60. The molecule has 7 nitrogen and oxygen atoms in total. The number of anilines is 1. The van der Waals surface area contributed by atoms with Crippen molar-refractivity contribution in [3.63, 3.8) is 0 Å². The van der Waals surface area contributed by atoms with Gasteiger partial charge >= 0.3 is 6.18 Å². The van der Waals surface area contributed by atoms with Crippen molar-refractivity contribution in [2.24, 2.45) is 0 Å². The van der Waals surface area contributed by atoms with E-state index in [4.69, 9.17) is 11.6 Å². The van der Waals surface area contributed by atoms with E-state index in [2.05, 4.69) is 5.32 Å². The number of nitrogens with zero attached hydrogens (tertiary/aromatic N) is 2. The summed E-state index contributed by atoms with van der Waals surface area (Å²) in [7, 11) is -4.64. The number of alkyl halides is 3. The van der Waals surface area contributed by atoms with Crippen LogP contribution in [0.2, 0.25) is 5.02 Å². The summed E-state index contributed by atoms with van der Waals surface area (Å²) in [5.41, 5.74) is -0.567. The molecular formula is C37H36ClF4N3O4S. The molecule has 264 valence electrons. The SMILES string of the molecule is O=C(NC1CCCCC1)[C@H](Cc1ccccc1)N(Cc1ccc(F)cc1)C(=O)CN(c1ccc(Cl)c(C(F)(F)F)c1)S(=O)(=O)c1ccccc1. The van der Waals surface area contributed by atoms with Crippen LogP contribution in [0.4, 0.5) is 23.2 Å². The van der Waals surface area contributed by atoms with E-state index in [1.807, 2.05) is 0 Å². The summed E-state index contributed by atoms with van der Waals surface area (Å²) >= 11 is 5.87. The van der Waals surface area contributed by atoms with Crippen molar-refractivity contribution in [3.8, 4) is 0 Å². The van der Waals surface area contributed by atoms with Crippen molar-refractivity contribution >= 4 is 39.1 Å². The van der Waals surface area contributed by atoms with E-state index >= 15 is 0 Å². The van der Waals surface area contributed by atoms with Crippen molar-refractivity contribution in [1.82, 2.24) is 10.2 Å². The number of carbonyl (C=O) groups is 2. The smallest absolute Gasteiger partial charge is 0.352 e. The molecule has 4 aromatic carbocycles. The first-order chi connectivity index (χ1) is 23.8. The summed E-state index contributed by atoms with van der Waals surface area (Å²) in [4.78, 5) is 29.7. The minimum absolute atomic E-state index is 0.0525. The first-order valence-electron chi connectivity index (χ1n) is 16.2. The van der Waals surface area contributed by atoms with Gasteiger partial charge in [0.25, 0.3) is 10.0 Å². The molecule has 50 heavy (non-hydrogen) atoms. The Kier molecular flexibility index (Phi) is 11.8. The molecule has 1 saturated carbocycles. The van der Waals surface area contributed by atoms with Gasteiger partial charge in [-0.2, -0.15) is 13.2 Å². The monoisotopic (exact) mass is 729 g/mol. The van der Waals surface area contributed by atoms with E-state index < -0.39 is 62.7 Å². The fraction of sp³-hybridized carbons (Fsp3) is 0.297. The number of hydrogen-bond donors (Lipinski definition) is 1. The van der Waals surface area contributed by atoms with Gasteiger partial charge in [-0.1, -0.05) is 91.5 Å². The van der Waals surface area contributed by atoms with Crippen LogP contribution in [0.1, 0.15) is 48.8 Å². The molecule has 1 atom stereocenters. The molecule has 0 aromatic heterocycles. The van der Waals surface area contributed by atoms with Gasteiger partial charge in [0.2, 0.25) is 11.8 Å². The molecule has 0 saturated heterocycles. The average molecular weight is 730 g/mol. The van der Waals surface area contributed by atoms with Gasteiger partial charge in [0.15, 0.2) is 0 Å². The number of benzene rings is 4. The van der Waals surface area contributed by atoms with Gasteiger partial charge in [0.1, 0.15) is 18.4 Å². The number of nitrogens with one attached hydrogen (secondary N) is 1. The second-order valence-corrected chi connectivity index (χ2v) is 14.5. The highest BCUT2D eigenvalue weighted by Gasteiger charge is 2.38. The predicted molar refractivity (Wildman–Crippen MR) is 183 cm³/mol. The van der Waals surface area contributed by atoms with E-state index in [1.165, 1.54) is 53.4 Å². The standard InChI is InChI=1S/C37H36ClF4N3O4S/c38-33-21-20-30(23-32(33)37(40,41)42)45(50(48,49)31-14-8-3-9-15-31)25-35(46)44(24-27-16-18-28(39)19-17-27)34(22-26-10-4-1-5-11-26)36(47)43-29-12-6-2-7-13-29/h1,3-5,8-11,14-21,23,29,34H,2,6-7,12-13,22,24-25H2,(H,43,47)/t34-/m0/s1. The largest absolute Gasteiger partial charge is 0.417 e. The number of amides is 2. The molecule has 1 aliphatic carbocycles. The number of rotatable bonds is 12.